The number of aromatic nitrogens is 4. The SMILES string of the molecule is Cc1ncc(C(=O)N2CCOCC2c2ncc(C)[nH]2)c(C)n1. The number of hydrogen-bond acceptors (Lipinski definition) is 5. The number of carbonyl (C=O) groups excluding carboxylic acids is 1. The normalized spacial score (nSPS) is 18.5. The summed E-state index contributed by atoms with van der Waals surface area (Å²) in [6, 6.07) is -0.212. The first-order chi connectivity index (χ1) is 10.6. The summed E-state index contributed by atoms with van der Waals surface area (Å²) < 4.78 is 5.53. The zero-order valence-electron chi connectivity index (χ0n) is 13.0. The predicted molar refractivity (Wildman–Crippen MR) is 79.4 cm³/mol. The highest BCUT2D eigenvalue weighted by atomic mass is 16.5. The monoisotopic (exact) mass is 301 g/mol. The van der Waals surface area contributed by atoms with Crippen molar-refractivity contribution in [3.8, 4) is 0 Å². The summed E-state index contributed by atoms with van der Waals surface area (Å²) in [7, 11) is 0. The summed E-state index contributed by atoms with van der Waals surface area (Å²) in [5.74, 6) is 1.32. The van der Waals surface area contributed by atoms with E-state index in [0.29, 0.717) is 36.8 Å². The van der Waals surface area contributed by atoms with Gasteiger partial charge in [0.2, 0.25) is 0 Å². The maximum atomic E-state index is 12.9. The van der Waals surface area contributed by atoms with E-state index in [1.807, 2.05) is 20.8 Å². The average Bonchev–Trinajstić information content (AvgIpc) is 2.93. The number of H-pyrrole nitrogens is 1. The fourth-order valence-corrected chi connectivity index (χ4v) is 2.62. The Hall–Kier alpha value is -2.28. The zero-order chi connectivity index (χ0) is 15.7. The Bertz CT molecular complexity index is 697. The van der Waals surface area contributed by atoms with E-state index in [-0.39, 0.29) is 11.9 Å². The van der Waals surface area contributed by atoms with Crippen LogP contribution in [0.1, 0.15) is 39.4 Å². The van der Waals surface area contributed by atoms with Crippen LogP contribution in [0.15, 0.2) is 12.4 Å². The maximum Gasteiger partial charge on any atom is 0.258 e. The smallest absolute Gasteiger partial charge is 0.258 e. The molecule has 0 spiro atoms. The maximum absolute atomic E-state index is 12.9. The van der Waals surface area contributed by atoms with Gasteiger partial charge < -0.3 is 14.6 Å². The van der Waals surface area contributed by atoms with Gasteiger partial charge >= 0.3 is 0 Å². The molecule has 7 heteroatoms. The molecule has 1 atom stereocenters. The molecule has 2 aromatic rings. The number of morpholine rings is 1. The van der Waals surface area contributed by atoms with Gasteiger partial charge in [-0.2, -0.15) is 0 Å². The zero-order valence-corrected chi connectivity index (χ0v) is 13.0. The van der Waals surface area contributed by atoms with Crippen LogP contribution in [0.4, 0.5) is 0 Å². The van der Waals surface area contributed by atoms with Crippen molar-refractivity contribution < 1.29 is 9.53 Å². The van der Waals surface area contributed by atoms with E-state index >= 15 is 0 Å². The summed E-state index contributed by atoms with van der Waals surface area (Å²) in [6.45, 7) is 7.05. The fourth-order valence-electron chi connectivity index (χ4n) is 2.62. The molecule has 1 fully saturated rings. The van der Waals surface area contributed by atoms with Crippen LogP contribution < -0.4 is 0 Å². The molecule has 1 N–H and O–H groups in total. The third-order valence-electron chi connectivity index (χ3n) is 3.76. The number of aryl methyl sites for hydroxylation is 3. The highest BCUT2D eigenvalue weighted by Crippen LogP contribution is 2.24. The molecule has 0 aliphatic carbocycles. The standard InChI is InChI=1S/C15H19N5O2/c1-9-6-17-14(18-9)13-8-22-5-4-20(13)15(21)12-7-16-11(3)19-10(12)2/h6-7,13H,4-5,8H2,1-3H3,(H,17,18). The van der Waals surface area contributed by atoms with Gasteiger partial charge in [-0.15, -0.1) is 0 Å². The van der Waals surface area contributed by atoms with Gasteiger partial charge in [0.25, 0.3) is 5.91 Å². The first-order valence-electron chi connectivity index (χ1n) is 7.26. The van der Waals surface area contributed by atoms with Gasteiger partial charge in [-0.05, 0) is 20.8 Å². The van der Waals surface area contributed by atoms with Gasteiger partial charge in [-0.25, -0.2) is 15.0 Å². The Morgan fingerprint density at radius 2 is 2.14 bits per heavy atom. The molecule has 0 aromatic carbocycles. The van der Waals surface area contributed by atoms with Crippen LogP contribution in [0.25, 0.3) is 0 Å². The Morgan fingerprint density at radius 1 is 1.32 bits per heavy atom. The molecule has 0 bridgehead atoms. The lowest BCUT2D eigenvalue weighted by atomic mass is 10.1. The van der Waals surface area contributed by atoms with Crippen molar-refractivity contribution in [2.75, 3.05) is 19.8 Å². The van der Waals surface area contributed by atoms with Crippen molar-refractivity contribution in [1.29, 1.82) is 0 Å². The van der Waals surface area contributed by atoms with E-state index in [4.69, 9.17) is 4.74 Å². The molecule has 1 aliphatic rings. The number of rotatable bonds is 2. The molecule has 1 amide bonds. The largest absolute Gasteiger partial charge is 0.377 e. The van der Waals surface area contributed by atoms with Crippen LogP contribution in [-0.2, 0) is 4.74 Å². The third kappa shape index (κ3) is 2.71. The van der Waals surface area contributed by atoms with E-state index in [9.17, 15) is 4.79 Å². The van der Waals surface area contributed by atoms with Crippen LogP contribution in [0, 0.1) is 20.8 Å². The molecular formula is C15H19N5O2. The lowest BCUT2D eigenvalue weighted by Gasteiger charge is -2.34. The van der Waals surface area contributed by atoms with Crippen LogP contribution in [0.5, 0.6) is 0 Å². The van der Waals surface area contributed by atoms with Gasteiger partial charge in [-0.3, -0.25) is 4.79 Å². The first kappa shape index (κ1) is 14.6. The molecule has 3 rings (SSSR count). The van der Waals surface area contributed by atoms with E-state index in [1.54, 1.807) is 17.3 Å². The summed E-state index contributed by atoms with van der Waals surface area (Å²) in [6.07, 6.45) is 3.35. The minimum absolute atomic E-state index is 0.0835. The number of nitrogens with zero attached hydrogens (tertiary/aromatic N) is 4. The van der Waals surface area contributed by atoms with Crippen molar-refractivity contribution >= 4 is 5.91 Å². The van der Waals surface area contributed by atoms with Crippen molar-refractivity contribution in [2.45, 2.75) is 26.8 Å². The Morgan fingerprint density at radius 3 is 2.82 bits per heavy atom. The number of hydrogen-bond donors (Lipinski definition) is 1. The van der Waals surface area contributed by atoms with E-state index in [0.717, 1.165) is 11.5 Å². The molecule has 7 nitrogen and oxygen atoms in total. The number of aromatic amines is 1. The number of amides is 1. The molecule has 116 valence electrons. The van der Waals surface area contributed by atoms with Crippen molar-refractivity contribution in [2.24, 2.45) is 0 Å². The minimum atomic E-state index is -0.212. The fraction of sp³-hybridized carbons (Fsp3) is 0.467. The summed E-state index contributed by atoms with van der Waals surface area (Å²) in [5.41, 5.74) is 2.18. The topological polar surface area (TPSA) is 84.0 Å². The van der Waals surface area contributed by atoms with Gasteiger partial charge in [0, 0.05) is 24.6 Å². The lowest BCUT2D eigenvalue weighted by Crippen LogP contribution is -2.44. The number of carbonyl (C=O) groups is 1. The number of ether oxygens (including phenoxy) is 1. The average molecular weight is 301 g/mol. The Balaban J connectivity index is 1.91. The molecule has 0 radical (unpaired) electrons. The van der Waals surface area contributed by atoms with E-state index in [2.05, 4.69) is 19.9 Å². The molecule has 1 aliphatic heterocycles. The summed E-state index contributed by atoms with van der Waals surface area (Å²) >= 11 is 0. The van der Waals surface area contributed by atoms with Crippen LogP contribution in [0.3, 0.4) is 0 Å². The van der Waals surface area contributed by atoms with Gasteiger partial charge in [0.05, 0.1) is 24.5 Å². The van der Waals surface area contributed by atoms with Gasteiger partial charge in [0.15, 0.2) is 0 Å². The number of imidazole rings is 1. The molecule has 22 heavy (non-hydrogen) atoms. The van der Waals surface area contributed by atoms with Crippen molar-refractivity contribution in [1.82, 2.24) is 24.8 Å². The van der Waals surface area contributed by atoms with E-state index in [1.165, 1.54) is 0 Å². The highest BCUT2D eigenvalue weighted by Gasteiger charge is 2.32. The van der Waals surface area contributed by atoms with Crippen LogP contribution in [-0.4, -0.2) is 50.5 Å². The third-order valence-corrected chi connectivity index (χ3v) is 3.76. The highest BCUT2D eigenvalue weighted by molar-refractivity contribution is 5.95. The Kier molecular flexibility index (Phi) is 3.89. The van der Waals surface area contributed by atoms with Crippen LogP contribution in [0.2, 0.25) is 0 Å². The molecule has 1 unspecified atom stereocenters. The summed E-state index contributed by atoms with van der Waals surface area (Å²) in [5, 5.41) is 0. The van der Waals surface area contributed by atoms with E-state index < -0.39 is 0 Å². The molecule has 1 saturated heterocycles. The van der Waals surface area contributed by atoms with Gasteiger partial charge in [-0.1, -0.05) is 0 Å². The van der Waals surface area contributed by atoms with Crippen LogP contribution >= 0.6 is 0 Å². The minimum Gasteiger partial charge on any atom is -0.377 e. The summed E-state index contributed by atoms with van der Waals surface area (Å²) in [4.78, 5) is 30.6. The second kappa shape index (κ2) is 5.84. The second-order valence-corrected chi connectivity index (χ2v) is 5.46. The van der Waals surface area contributed by atoms with Crippen molar-refractivity contribution in [3.63, 3.8) is 0 Å². The molecular weight excluding hydrogens is 282 g/mol. The Labute approximate surface area is 128 Å². The molecule has 2 aromatic heterocycles. The number of nitrogens with one attached hydrogen (secondary N) is 1. The van der Waals surface area contributed by atoms with Gasteiger partial charge in [0.1, 0.15) is 17.7 Å². The molecule has 3 heterocycles. The molecule has 0 saturated carbocycles. The quantitative estimate of drug-likeness (QED) is 0.905. The first-order valence-corrected chi connectivity index (χ1v) is 7.26. The predicted octanol–water partition coefficient (Wildman–Crippen LogP) is 1.34. The van der Waals surface area contributed by atoms with Crippen molar-refractivity contribution in [3.05, 3.63) is 41.0 Å². The second-order valence-electron chi connectivity index (χ2n) is 5.46. The lowest BCUT2D eigenvalue weighted by molar-refractivity contribution is -0.00510.